The van der Waals surface area contributed by atoms with Gasteiger partial charge in [0.1, 0.15) is 12.4 Å². The topological polar surface area (TPSA) is 126 Å². The van der Waals surface area contributed by atoms with Crippen molar-refractivity contribution in [2.75, 3.05) is 20.8 Å². The number of benzene rings is 4. The Morgan fingerprint density at radius 1 is 0.980 bits per heavy atom. The van der Waals surface area contributed by atoms with Gasteiger partial charge in [-0.25, -0.2) is 14.6 Å². The third-order valence-corrected chi connectivity index (χ3v) is 9.70. The van der Waals surface area contributed by atoms with Crippen LogP contribution in [0.1, 0.15) is 45.6 Å². The molecule has 1 N–H and O–H groups in total. The number of halogens is 1. The van der Waals surface area contributed by atoms with Gasteiger partial charge in [0.25, 0.3) is 5.56 Å². The molecule has 0 aliphatic carbocycles. The van der Waals surface area contributed by atoms with Crippen LogP contribution in [0.25, 0.3) is 11.8 Å². The number of carbonyl (C=O) groups excluding carboxylic acids is 1. The maximum absolute atomic E-state index is 14.3. The van der Waals surface area contributed by atoms with E-state index in [0.717, 1.165) is 9.13 Å². The monoisotopic (exact) mass is 802 g/mol. The molecule has 10 nitrogen and oxygen atoms in total. The second-order valence-corrected chi connectivity index (χ2v) is 13.2. The minimum atomic E-state index is -1.02. The Bertz CT molecular complexity index is 2300. The van der Waals surface area contributed by atoms with E-state index in [0.29, 0.717) is 49.0 Å². The SMILES string of the molecule is CCOC(=O)C1=C(c2ccccc2)N=c2s/c(=C\c3cc(I)c(OCc4cccc(C(=O)O)c4)c(OC)c3)c(=O)n2[C@@H]1c1ccc(OC)cc1. The van der Waals surface area contributed by atoms with Gasteiger partial charge < -0.3 is 24.1 Å². The first-order chi connectivity index (χ1) is 24.2. The normalized spacial score (nSPS) is 14.1. The molecule has 0 spiro atoms. The first-order valence-corrected chi connectivity index (χ1v) is 17.4. The molecule has 1 aliphatic heterocycles. The lowest BCUT2D eigenvalue weighted by Crippen LogP contribution is -2.40. The van der Waals surface area contributed by atoms with E-state index in [1.165, 1.54) is 24.5 Å². The number of aromatic carboxylic acids is 1. The fraction of sp³-hybridized carbons (Fsp3) is 0.158. The van der Waals surface area contributed by atoms with E-state index >= 15 is 0 Å². The van der Waals surface area contributed by atoms with Gasteiger partial charge in [-0.1, -0.05) is 65.9 Å². The molecule has 50 heavy (non-hydrogen) atoms. The highest BCUT2D eigenvalue weighted by Gasteiger charge is 2.35. The van der Waals surface area contributed by atoms with E-state index in [-0.39, 0.29) is 29.9 Å². The number of carboxylic acids is 1. The summed E-state index contributed by atoms with van der Waals surface area (Å²) in [6.45, 7) is 2.02. The Kier molecular flexibility index (Phi) is 10.5. The Morgan fingerprint density at radius 3 is 2.42 bits per heavy atom. The molecule has 5 aromatic rings. The van der Waals surface area contributed by atoms with Crippen LogP contribution in [0.2, 0.25) is 0 Å². The number of carboxylic acid groups (broad SMARTS) is 1. The average Bonchev–Trinajstić information content (AvgIpc) is 3.44. The second kappa shape index (κ2) is 15.1. The van der Waals surface area contributed by atoms with Crippen molar-refractivity contribution in [3.63, 3.8) is 0 Å². The van der Waals surface area contributed by atoms with Gasteiger partial charge in [-0.2, -0.15) is 0 Å². The van der Waals surface area contributed by atoms with Crippen LogP contribution in [0.5, 0.6) is 17.2 Å². The number of nitrogens with zero attached hydrogens (tertiary/aromatic N) is 2. The van der Waals surface area contributed by atoms with Gasteiger partial charge in [-0.05, 0) is 88.7 Å². The molecule has 0 unspecified atom stereocenters. The van der Waals surface area contributed by atoms with Crippen molar-refractivity contribution in [2.24, 2.45) is 4.99 Å². The van der Waals surface area contributed by atoms with Crippen LogP contribution in [-0.2, 0) is 16.1 Å². The quantitative estimate of drug-likeness (QED) is 0.131. The fourth-order valence-electron chi connectivity index (χ4n) is 5.61. The predicted molar refractivity (Wildman–Crippen MR) is 197 cm³/mol. The molecule has 12 heteroatoms. The molecule has 0 fully saturated rings. The molecule has 0 saturated heterocycles. The number of thiazole rings is 1. The third-order valence-electron chi connectivity index (χ3n) is 7.91. The highest BCUT2D eigenvalue weighted by Crippen LogP contribution is 2.37. The number of methoxy groups -OCH3 is 2. The Morgan fingerprint density at radius 2 is 1.74 bits per heavy atom. The second-order valence-electron chi connectivity index (χ2n) is 11.0. The van der Waals surface area contributed by atoms with Gasteiger partial charge in [-0.15, -0.1) is 0 Å². The van der Waals surface area contributed by atoms with Gasteiger partial charge in [-0.3, -0.25) is 9.36 Å². The zero-order valence-electron chi connectivity index (χ0n) is 27.2. The number of esters is 1. The van der Waals surface area contributed by atoms with Crippen LogP contribution in [0.4, 0.5) is 0 Å². The van der Waals surface area contributed by atoms with E-state index < -0.39 is 18.0 Å². The third kappa shape index (κ3) is 7.07. The molecule has 0 saturated carbocycles. The zero-order valence-corrected chi connectivity index (χ0v) is 30.2. The summed E-state index contributed by atoms with van der Waals surface area (Å²) in [5.74, 6) is -0.0149. The molecule has 1 atom stereocenters. The minimum absolute atomic E-state index is 0.128. The maximum Gasteiger partial charge on any atom is 0.338 e. The summed E-state index contributed by atoms with van der Waals surface area (Å²) in [6, 6.07) is 26.0. The lowest BCUT2D eigenvalue weighted by Gasteiger charge is -2.26. The van der Waals surface area contributed by atoms with Gasteiger partial charge in [0.05, 0.1) is 51.8 Å². The summed E-state index contributed by atoms with van der Waals surface area (Å²) in [6.07, 6.45) is 1.76. The highest BCUT2D eigenvalue weighted by atomic mass is 127. The minimum Gasteiger partial charge on any atom is -0.497 e. The van der Waals surface area contributed by atoms with Gasteiger partial charge in [0.15, 0.2) is 16.3 Å². The summed E-state index contributed by atoms with van der Waals surface area (Å²) in [4.78, 5) is 44.8. The number of carbonyl (C=O) groups is 2. The average molecular weight is 803 g/mol. The zero-order chi connectivity index (χ0) is 35.4. The number of hydrogen-bond donors (Lipinski definition) is 1. The van der Waals surface area contributed by atoms with Crippen LogP contribution >= 0.6 is 33.9 Å². The van der Waals surface area contributed by atoms with E-state index in [1.807, 2.05) is 48.5 Å². The van der Waals surface area contributed by atoms with Crippen LogP contribution in [0, 0.1) is 3.57 Å². The summed E-state index contributed by atoms with van der Waals surface area (Å²) < 4.78 is 25.4. The van der Waals surface area contributed by atoms with Crippen molar-refractivity contribution in [3.05, 3.63) is 148 Å². The summed E-state index contributed by atoms with van der Waals surface area (Å²) in [7, 11) is 3.10. The molecular weight excluding hydrogens is 771 g/mol. The van der Waals surface area contributed by atoms with Crippen molar-refractivity contribution in [3.8, 4) is 17.2 Å². The largest absolute Gasteiger partial charge is 0.497 e. The Labute approximate surface area is 304 Å². The van der Waals surface area contributed by atoms with Crippen molar-refractivity contribution >= 4 is 57.6 Å². The molecule has 254 valence electrons. The first kappa shape index (κ1) is 34.6. The number of ether oxygens (including phenoxy) is 4. The van der Waals surface area contributed by atoms with Crippen LogP contribution in [-0.4, -0.2) is 42.4 Å². The van der Waals surface area contributed by atoms with Crippen molar-refractivity contribution < 1.29 is 33.6 Å². The first-order valence-electron chi connectivity index (χ1n) is 15.5. The maximum atomic E-state index is 14.3. The standard InChI is InChI=1S/C38H31IN2O8S/c1-4-48-37(45)31-32(24-10-6-5-7-11-24)40-38-41(33(31)25-13-15-27(46-2)16-14-25)35(42)30(50-38)20-23-18-28(39)34(29(19-23)47-3)49-21-22-9-8-12-26(17-22)36(43)44/h5-20,33H,4,21H2,1-3H3,(H,43,44)/b30-20-/t33-/m1/s1. The van der Waals surface area contributed by atoms with Gasteiger partial charge >= 0.3 is 11.9 Å². The van der Waals surface area contributed by atoms with Gasteiger partial charge in [0.2, 0.25) is 0 Å². The number of hydrogen-bond acceptors (Lipinski definition) is 9. The van der Waals surface area contributed by atoms with Gasteiger partial charge in [0, 0.05) is 5.56 Å². The van der Waals surface area contributed by atoms with Crippen molar-refractivity contribution in [1.29, 1.82) is 0 Å². The molecule has 6 rings (SSSR count). The van der Waals surface area contributed by atoms with Crippen molar-refractivity contribution in [2.45, 2.75) is 19.6 Å². The molecule has 4 aromatic carbocycles. The molecule has 1 aliphatic rings. The lowest BCUT2D eigenvalue weighted by molar-refractivity contribution is -0.138. The molecule has 2 heterocycles. The van der Waals surface area contributed by atoms with E-state index in [9.17, 15) is 19.5 Å². The molecule has 1 aromatic heterocycles. The van der Waals surface area contributed by atoms with Crippen LogP contribution in [0.3, 0.4) is 0 Å². The fourth-order valence-corrected chi connectivity index (χ4v) is 7.39. The molecule has 0 amide bonds. The lowest BCUT2D eigenvalue weighted by atomic mass is 9.93. The van der Waals surface area contributed by atoms with E-state index in [4.69, 9.17) is 23.9 Å². The molecule has 0 bridgehead atoms. The molecular formula is C38H31IN2O8S. The van der Waals surface area contributed by atoms with Crippen LogP contribution < -0.4 is 29.1 Å². The molecule has 0 radical (unpaired) electrons. The van der Waals surface area contributed by atoms with E-state index in [2.05, 4.69) is 22.6 Å². The predicted octanol–water partition coefficient (Wildman–Crippen LogP) is 5.83. The number of fused-ring (bicyclic) bond motifs is 1. The summed E-state index contributed by atoms with van der Waals surface area (Å²) >= 11 is 3.36. The summed E-state index contributed by atoms with van der Waals surface area (Å²) in [5.41, 5.74) is 3.33. The van der Waals surface area contributed by atoms with Crippen LogP contribution in [0.15, 0.2) is 106 Å². The van der Waals surface area contributed by atoms with Crippen molar-refractivity contribution in [1.82, 2.24) is 4.57 Å². The Hall–Kier alpha value is -5.21. The highest BCUT2D eigenvalue weighted by molar-refractivity contribution is 14.1. The summed E-state index contributed by atoms with van der Waals surface area (Å²) in [5, 5.41) is 9.34. The smallest absolute Gasteiger partial charge is 0.338 e. The Balaban J connectivity index is 1.47. The number of rotatable bonds is 11. The number of aromatic nitrogens is 1. The van der Waals surface area contributed by atoms with E-state index in [1.54, 1.807) is 61.1 Å².